The molecule has 0 radical (unpaired) electrons. The molecule has 0 saturated heterocycles. The standard InChI is InChI=1S/C14H25N3S/c1-3-5-9-17(10-6-4-2)14-12(11-7-8-11)13(15)16-18-14/h11H,3-10H2,1-2H3,(H2,15,16). The number of hydrogen-bond donors (Lipinski definition) is 1. The molecule has 2 rings (SSSR count). The van der Waals surface area contributed by atoms with Crippen LogP contribution in [0.15, 0.2) is 0 Å². The summed E-state index contributed by atoms with van der Waals surface area (Å²) in [6, 6.07) is 0. The molecule has 1 aliphatic rings. The van der Waals surface area contributed by atoms with Gasteiger partial charge in [0.2, 0.25) is 0 Å². The average molecular weight is 267 g/mol. The van der Waals surface area contributed by atoms with Crippen LogP contribution in [-0.4, -0.2) is 17.5 Å². The van der Waals surface area contributed by atoms with E-state index in [1.807, 2.05) is 0 Å². The normalized spacial score (nSPS) is 15.0. The van der Waals surface area contributed by atoms with E-state index in [2.05, 4.69) is 23.1 Å². The molecule has 3 nitrogen and oxygen atoms in total. The minimum absolute atomic E-state index is 0.699. The molecule has 1 heterocycles. The number of nitrogens with zero attached hydrogens (tertiary/aromatic N) is 2. The van der Waals surface area contributed by atoms with Crippen molar-refractivity contribution in [3.05, 3.63) is 5.56 Å². The predicted octanol–water partition coefficient (Wildman–Crippen LogP) is 4.01. The summed E-state index contributed by atoms with van der Waals surface area (Å²) in [5.74, 6) is 1.49. The lowest BCUT2D eigenvalue weighted by Crippen LogP contribution is -2.25. The summed E-state index contributed by atoms with van der Waals surface area (Å²) in [7, 11) is 0. The van der Waals surface area contributed by atoms with Crippen LogP contribution in [-0.2, 0) is 0 Å². The fourth-order valence-electron chi connectivity index (χ4n) is 2.30. The first-order valence-corrected chi connectivity index (χ1v) is 8.05. The molecule has 1 saturated carbocycles. The summed E-state index contributed by atoms with van der Waals surface area (Å²) in [6.07, 6.45) is 7.60. The fourth-order valence-corrected chi connectivity index (χ4v) is 3.25. The van der Waals surface area contributed by atoms with Gasteiger partial charge in [0.05, 0.1) is 0 Å². The Morgan fingerprint density at radius 3 is 2.33 bits per heavy atom. The Balaban J connectivity index is 2.12. The van der Waals surface area contributed by atoms with Crippen LogP contribution in [0.25, 0.3) is 0 Å². The Hall–Kier alpha value is -0.770. The summed E-state index contributed by atoms with van der Waals surface area (Å²) in [6.45, 7) is 6.80. The first kappa shape index (κ1) is 13.7. The van der Waals surface area contributed by atoms with Crippen LogP contribution >= 0.6 is 11.5 Å². The minimum Gasteiger partial charge on any atom is -0.383 e. The van der Waals surface area contributed by atoms with Gasteiger partial charge in [-0.25, -0.2) is 0 Å². The monoisotopic (exact) mass is 267 g/mol. The summed E-state index contributed by atoms with van der Waals surface area (Å²) >= 11 is 1.60. The maximum atomic E-state index is 6.05. The van der Waals surface area contributed by atoms with E-state index in [0.717, 1.165) is 18.9 Å². The molecule has 0 aromatic carbocycles. The van der Waals surface area contributed by atoms with Crippen molar-refractivity contribution in [1.82, 2.24) is 4.37 Å². The highest BCUT2D eigenvalue weighted by Crippen LogP contribution is 2.48. The van der Waals surface area contributed by atoms with Gasteiger partial charge in [-0.2, -0.15) is 4.37 Å². The van der Waals surface area contributed by atoms with Crippen LogP contribution in [0.3, 0.4) is 0 Å². The number of nitrogen functional groups attached to an aromatic ring is 1. The van der Waals surface area contributed by atoms with Gasteiger partial charge in [0.25, 0.3) is 0 Å². The molecule has 0 bridgehead atoms. The second-order valence-electron chi connectivity index (χ2n) is 5.26. The lowest BCUT2D eigenvalue weighted by Gasteiger charge is -2.24. The molecule has 1 aliphatic carbocycles. The smallest absolute Gasteiger partial charge is 0.142 e. The lowest BCUT2D eigenvalue weighted by molar-refractivity contribution is 0.680. The number of hydrogen-bond acceptors (Lipinski definition) is 4. The maximum Gasteiger partial charge on any atom is 0.142 e. The van der Waals surface area contributed by atoms with E-state index in [-0.39, 0.29) is 0 Å². The maximum absolute atomic E-state index is 6.05. The summed E-state index contributed by atoms with van der Waals surface area (Å²) in [5, 5.41) is 1.36. The molecule has 102 valence electrons. The first-order chi connectivity index (χ1) is 8.77. The van der Waals surface area contributed by atoms with Crippen LogP contribution in [0.4, 0.5) is 10.8 Å². The van der Waals surface area contributed by atoms with Gasteiger partial charge < -0.3 is 10.6 Å². The van der Waals surface area contributed by atoms with Crippen LogP contribution in [0.5, 0.6) is 0 Å². The Morgan fingerprint density at radius 2 is 1.83 bits per heavy atom. The SMILES string of the molecule is CCCCN(CCCC)c1snc(N)c1C1CC1. The summed E-state index contributed by atoms with van der Waals surface area (Å²) in [5.41, 5.74) is 7.40. The second-order valence-corrected chi connectivity index (χ2v) is 6.01. The van der Waals surface area contributed by atoms with Crippen LogP contribution in [0.2, 0.25) is 0 Å². The molecule has 1 fully saturated rings. The number of nitrogens with two attached hydrogens (primary N) is 1. The zero-order valence-corrected chi connectivity index (χ0v) is 12.4. The van der Waals surface area contributed by atoms with Gasteiger partial charge >= 0.3 is 0 Å². The van der Waals surface area contributed by atoms with Gasteiger partial charge in [0.1, 0.15) is 10.8 Å². The van der Waals surface area contributed by atoms with Crippen molar-refractivity contribution in [1.29, 1.82) is 0 Å². The first-order valence-electron chi connectivity index (χ1n) is 7.27. The van der Waals surface area contributed by atoms with Crippen molar-refractivity contribution in [2.45, 2.75) is 58.3 Å². The van der Waals surface area contributed by atoms with Gasteiger partial charge in [-0.05, 0) is 43.1 Å². The zero-order chi connectivity index (χ0) is 13.0. The summed E-state index contributed by atoms with van der Waals surface area (Å²) in [4.78, 5) is 2.52. The number of aromatic nitrogens is 1. The molecule has 0 atom stereocenters. The molecule has 1 aromatic heterocycles. The third kappa shape index (κ3) is 3.16. The minimum atomic E-state index is 0.699. The molecule has 2 N–H and O–H groups in total. The highest BCUT2D eigenvalue weighted by atomic mass is 32.1. The van der Waals surface area contributed by atoms with Gasteiger partial charge in [-0.3, -0.25) is 0 Å². The van der Waals surface area contributed by atoms with Crippen molar-refractivity contribution >= 4 is 22.4 Å². The van der Waals surface area contributed by atoms with Crippen LogP contribution in [0.1, 0.15) is 63.9 Å². The average Bonchev–Trinajstić information content (AvgIpc) is 3.13. The Labute approximate surface area is 115 Å². The predicted molar refractivity (Wildman–Crippen MR) is 80.5 cm³/mol. The third-order valence-electron chi connectivity index (χ3n) is 3.57. The lowest BCUT2D eigenvalue weighted by atomic mass is 10.2. The Bertz CT molecular complexity index is 363. The fraction of sp³-hybridized carbons (Fsp3) is 0.786. The zero-order valence-electron chi connectivity index (χ0n) is 11.6. The van der Waals surface area contributed by atoms with Crippen molar-refractivity contribution in [2.24, 2.45) is 0 Å². The van der Waals surface area contributed by atoms with Crippen molar-refractivity contribution in [2.75, 3.05) is 23.7 Å². The third-order valence-corrected chi connectivity index (χ3v) is 4.51. The number of unbranched alkanes of at least 4 members (excludes halogenated alkanes) is 2. The van der Waals surface area contributed by atoms with Gasteiger partial charge in [-0.15, -0.1) is 0 Å². The van der Waals surface area contributed by atoms with E-state index < -0.39 is 0 Å². The van der Waals surface area contributed by atoms with E-state index in [1.165, 1.54) is 49.1 Å². The van der Waals surface area contributed by atoms with Crippen molar-refractivity contribution < 1.29 is 0 Å². The Morgan fingerprint density at radius 1 is 1.22 bits per heavy atom. The largest absolute Gasteiger partial charge is 0.383 e. The number of anilines is 2. The van der Waals surface area contributed by atoms with E-state index in [4.69, 9.17) is 5.73 Å². The number of rotatable bonds is 8. The van der Waals surface area contributed by atoms with Crippen LogP contribution in [0, 0.1) is 0 Å². The van der Waals surface area contributed by atoms with Gasteiger partial charge in [-0.1, -0.05) is 26.7 Å². The van der Waals surface area contributed by atoms with E-state index in [1.54, 1.807) is 11.5 Å². The van der Waals surface area contributed by atoms with Crippen molar-refractivity contribution in [3.8, 4) is 0 Å². The highest BCUT2D eigenvalue weighted by molar-refractivity contribution is 7.10. The van der Waals surface area contributed by atoms with Crippen molar-refractivity contribution in [3.63, 3.8) is 0 Å². The molecule has 0 amide bonds. The molecule has 18 heavy (non-hydrogen) atoms. The Kier molecular flexibility index (Phi) is 4.87. The molecular weight excluding hydrogens is 242 g/mol. The van der Waals surface area contributed by atoms with Crippen LogP contribution < -0.4 is 10.6 Å². The quantitative estimate of drug-likeness (QED) is 0.774. The molecule has 4 heteroatoms. The topological polar surface area (TPSA) is 42.2 Å². The second kappa shape index (κ2) is 6.41. The molecule has 0 unspecified atom stereocenters. The molecule has 0 spiro atoms. The summed E-state index contributed by atoms with van der Waals surface area (Å²) < 4.78 is 4.39. The van der Waals surface area contributed by atoms with Gasteiger partial charge in [0, 0.05) is 18.7 Å². The van der Waals surface area contributed by atoms with E-state index >= 15 is 0 Å². The van der Waals surface area contributed by atoms with E-state index in [0.29, 0.717) is 5.92 Å². The molecule has 0 aliphatic heterocycles. The highest BCUT2D eigenvalue weighted by Gasteiger charge is 2.32. The molecular formula is C14H25N3S. The molecule has 1 aromatic rings. The van der Waals surface area contributed by atoms with Gasteiger partial charge in [0.15, 0.2) is 0 Å². The van der Waals surface area contributed by atoms with E-state index in [9.17, 15) is 0 Å².